The summed E-state index contributed by atoms with van der Waals surface area (Å²) < 4.78 is 16.5. The zero-order valence-electron chi connectivity index (χ0n) is 11.9. The van der Waals surface area contributed by atoms with E-state index in [0.29, 0.717) is 10.8 Å². The lowest BCUT2D eigenvalue weighted by atomic mass is 10.0. The van der Waals surface area contributed by atoms with E-state index in [2.05, 4.69) is 23.4 Å². The average molecular weight is 315 g/mol. The van der Waals surface area contributed by atoms with Gasteiger partial charge in [-0.2, -0.15) is 0 Å². The molecular formula is C15H20ClFN2S. The highest BCUT2D eigenvalue weighted by atomic mass is 35.5. The van der Waals surface area contributed by atoms with Crippen molar-refractivity contribution >= 4 is 34.9 Å². The number of nitrogens with one attached hydrogen (secondary N) is 1. The van der Waals surface area contributed by atoms with Crippen LogP contribution in [-0.4, -0.2) is 9.55 Å². The zero-order chi connectivity index (χ0) is 14.7. The molecule has 110 valence electrons. The summed E-state index contributed by atoms with van der Waals surface area (Å²) in [6, 6.07) is 3.42. The van der Waals surface area contributed by atoms with Gasteiger partial charge >= 0.3 is 0 Å². The maximum absolute atomic E-state index is 13.7. The predicted molar refractivity (Wildman–Crippen MR) is 85.6 cm³/mol. The van der Waals surface area contributed by atoms with Crippen LogP contribution in [0.3, 0.4) is 0 Å². The molecule has 20 heavy (non-hydrogen) atoms. The van der Waals surface area contributed by atoms with Crippen molar-refractivity contribution in [3.8, 4) is 0 Å². The number of nitrogens with zero attached hydrogens (tertiary/aromatic N) is 1. The molecule has 0 bridgehead atoms. The van der Waals surface area contributed by atoms with Gasteiger partial charge in [-0.3, -0.25) is 0 Å². The molecule has 1 unspecified atom stereocenters. The van der Waals surface area contributed by atoms with Crippen molar-refractivity contribution in [3.05, 3.63) is 27.7 Å². The predicted octanol–water partition coefficient (Wildman–Crippen LogP) is 6.02. The lowest BCUT2D eigenvalue weighted by molar-refractivity contribution is 0.422. The van der Waals surface area contributed by atoms with Gasteiger partial charge in [-0.25, -0.2) is 4.39 Å². The molecular weight excluding hydrogens is 295 g/mol. The lowest BCUT2D eigenvalue weighted by Crippen LogP contribution is -2.09. The van der Waals surface area contributed by atoms with Crippen molar-refractivity contribution in [2.75, 3.05) is 0 Å². The lowest BCUT2D eigenvalue weighted by Gasteiger charge is -2.19. The Kier molecular flexibility index (Phi) is 5.22. The highest BCUT2D eigenvalue weighted by molar-refractivity contribution is 7.71. The first-order chi connectivity index (χ1) is 9.58. The summed E-state index contributed by atoms with van der Waals surface area (Å²) in [5.74, 6) is -0.396. The molecule has 0 saturated heterocycles. The van der Waals surface area contributed by atoms with Crippen molar-refractivity contribution in [2.24, 2.45) is 0 Å². The normalized spacial score (nSPS) is 13.0. The molecule has 0 radical (unpaired) electrons. The Hall–Kier alpha value is -0.870. The Balaban J connectivity index is 2.52. The number of hydrogen-bond acceptors (Lipinski definition) is 1. The Bertz CT molecular complexity index is 647. The van der Waals surface area contributed by atoms with Crippen LogP contribution in [0.25, 0.3) is 11.0 Å². The largest absolute Gasteiger partial charge is 0.331 e. The molecule has 0 aliphatic rings. The highest BCUT2D eigenvalue weighted by Gasteiger charge is 2.16. The maximum Gasteiger partial charge on any atom is 0.178 e. The minimum absolute atomic E-state index is 0.126. The molecule has 0 aliphatic carbocycles. The van der Waals surface area contributed by atoms with Gasteiger partial charge in [0.1, 0.15) is 5.82 Å². The number of aromatic nitrogens is 2. The molecule has 0 spiro atoms. The second-order valence-corrected chi connectivity index (χ2v) is 5.96. The van der Waals surface area contributed by atoms with E-state index >= 15 is 0 Å². The molecule has 0 aliphatic heterocycles. The number of rotatable bonds is 6. The van der Waals surface area contributed by atoms with Crippen molar-refractivity contribution < 1.29 is 4.39 Å². The monoisotopic (exact) mass is 314 g/mol. The Morgan fingerprint density at radius 3 is 2.70 bits per heavy atom. The molecule has 1 aromatic carbocycles. The van der Waals surface area contributed by atoms with E-state index in [4.69, 9.17) is 23.8 Å². The van der Waals surface area contributed by atoms with Gasteiger partial charge in [0.2, 0.25) is 0 Å². The standard InChI is InChI=1S/C15H20ClFN2S/c1-3-5-7-10(6-4-2)19-14-9-12(17)11(16)8-13(14)18-15(19)20/h8-10H,3-7H2,1-2H3,(H,18,20). The Morgan fingerprint density at radius 2 is 2.05 bits per heavy atom. The zero-order valence-corrected chi connectivity index (χ0v) is 13.5. The summed E-state index contributed by atoms with van der Waals surface area (Å²) in [6.07, 6.45) is 5.49. The van der Waals surface area contributed by atoms with Gasteiger partial charge in [0.25, 0.3) is 0 Å². The molecule has 2 rings (SSSR count). The fraction of sp³-hybridized carbons (Fsp3) is 0.533. The van der Waals surface area contributed by atoms with E-state index in [1.807, 2.05) is 0 Å². The number of unbranched alkanes of at least 4 members (excludes halogenated alkanes) is 1. The Labute approximate surface area is 128 Å². The SMILES string of the molecule is CCCCC(CCC)n1c(=S)[nH]c2cc(Cl)c(F)cc21. The molecule has 2 nitrogen and oxygen atoms in total. The third kappa shape index (κ3) is 3.07. The molecule has 1 N–H and O–H groups in total. The van der Waals surface area contributed by atoms with Gasteiger partial charge < -0.3 is 9.55 Å². The van der Waals surface area contributed by atoms with Crippen LogP contribution in [0, 0.1) is 10.6 Å². The van der Waals surface area contributed by atoms with Crippen LogP contribution in [-0.2, 0) is 0 Å². The molecule has 1 atom stereocenters. The molecule has 5 heteroatoms. The summed E-state index contributed by atoms with van der Waals surface area (Å²) in [7, 11) is 0. The maximum atomic E-state index is 13.7. The number of halogens is 2. The minimum Gasteiger partial charge on any atom is -0.331 e. The topological polar surface area (TPSA) is 20.7 Å². The van der Waals surface area contributed by atoms with Crippen LogP contribution in [0.4, 0.5) is 4.39 Å². The van der Waals surface area contributed by atoms with Crippen LogP contribution >= 0.6 is 23.8 Å². The molecule has 0 saturated carbocycles. The number of imidazole rings is 1. The van der Waals surface area contributed by atoms with E-state index < -0.39 is 5.82 Å². The van der Waals surface area contributed by atoms with Crippen LogP contribution in [0.2, 0.25) is 5.02 Å². The smallest absolute Gasteiger partial charge is 0.178 e. The second-order valence-electron chi connectivity index (χ2n) is 5.17. The fourth-order valence-corrected chi connectivity index (χ4v) is 3.18. The van der Waals surface area contributed by atoms with E-state index in [1.54, 1.807) is 6.07 Å². The van der Waals surface area contributed by atoms with Crippen molar-refractivity contribution in [3.63, 3.8) is 0 Å². The van der Waals surface area contributed by atoms with Crippen molar-refractivity contribution in [2.45, 2.75) is 52.0 Å². The number of hydrogen-bond donors (Lipinski definition) is 1. The third-order valence-corrected chi connectivity index (χ3v) is 4.22. The number of benzene rings is 1. The van der Waals surface area contributed by atoms with Crippen molar-refractivity contribution in [1.29, 1.82) is 0 Å². The first-order valence-corrected chi connectivity index (χ1v) is 7.96. The van der Waals surface area contributed by atoms with Crippen LogP contribution in [0.1, 0.15) is 52.0 Å². The summed E-state index contributed by atoms with van der Waals surface area (Å²) in [6.45, 7) is 4.34. The fourth-order valence-electron chi connectivity index (χ4n) is 2.66. The third-order valence-electron chi connectivity index (χ3n) is 3.64. The number of fused-ring (bicyclic) bond motifs is 1. The van der Waals surface area contributed by atoms with E-state index in [-0.39, 0.29) is 5.02 Å². The molecule has 1 heterocycles. The summed E-state index contributed by atoms with van der Waals surface area (Å²) in [5, 5.41) is 0.126. The summed E-state index contributed by atoms with van der Waals surface area (Å²) >= 11 is 11.3. The summed E-state index contributed by atoms with van der Waals surface area (Å²) in [4.78, 5) is 3.14. The van der Waals surface area contributed by atoms with Gasteiger partial charge in [-0.1, -0.05) is 44.7 Å². The van der Waals surface area contributed by atoms with Gasteiger partial charge in [0.05, 0.1) is 16.1 Å². The Morgan fingerprint density at radius 1 is 1.30 bits per heavy atom. The van der Waals surface area contributed by atoms with E-state index in [0.717, 1.165) is 43.1 Å². The van der Waals surface area contributed by atoms with Gasteiger partial charge in [0.15, 0.2) is 4.77 Å². The summed E-state index contributed by atoms with van der Waals surface area (Å²) in [5.41, 5.74) is 1.62. The highest BCUT2D eigenvalue weighted by Crippen LogP contribution is 2.29. The number of H-pyrrole nitrogens is 1. The van der Waals surface area contributed by atoms with Crippen LogP contribution in [0.15, 0.2) is 12.1 Å². The molecule has 1 aromatic heterocycles. The van der Waals surface area contributed by atoms with Crippen molar-refractivity contribution in [1.82, 2.24) is 9.55 Å². The van der Waals surface area contributed by atoms with E-state index in [1.165, 1.54) is 6.07 Å². The van der Waals surface area contributed by atoms with Gasteiger partial charge in [-0.15, -0.1) is 0 Å². The molecule has 2 aromatic rings. The van der Waals surface area contributed by atoms with E-state index in [9.17, 15) is 4.39 Å². The van der Waals surface area contributed by atoms with Gasteiger partial charge in [-0.05, 0) is 31.1 Å². The first kappa shape index (κ1) is 15.5. The second kappa shape index (κ2) is 6.72. The minimum atomic E-state index is -0.396. The molecule has 0 fully saturated rings. The molecule has 0 amide bonds. The van der Waals surface area contributed by atoms with Crippen LogP contribution < -0.4 is 0 Å². The van der Waals surface area contributed by atoms with Crippen LogP contribution in [0.5, 0.6) is 0 Å². The average Bonchev–Trinajstić information content (AvgIpc) is 2.71. The quantitative estimate of drug-likeness (QED) is 0.646. The first-order valence-electron chi connectivity index (χ1n) is 7.17. The number of aromatic amines is 1. The van der Waals surface area contributed by atoms with Gasteiger partial charge in [0, 0.05) is 12.1 Å².